The van der Waals surface area contributed by atoms with Crippen LogP contribution in [-0.2, 0) is 9.53 Å². The average Bonchev–Trinajstić information content (AvgIpc) is 2.20. The fourth-order valence-electron chi connectivity index (χ4n) is 1.78. The molecule has 0 aromatic heterocycles. The summed E-state index contributed by atoms with van der Waals surface area (Å²) in [7, 11) is 1.54. The van der Waals surface area contributed by atoms with Gasteiger partial charge in [-0.3, -0.25) is 4.79 Å². The molecule has 0 spiro atoms. The van der Waals surface area contributed by atoms with Gasteiger partial charge in [0.15, 0.2) is 5.78 Å². The van der Waals surface area contributed by atoms with Crippen LogP contribution in [0, 0.1) is 11.8 Å². The Morgan fingerprint density at radius 2 is 2.50 bits per heavy atom. The lowest BCUT2D eigenvalue weighted by atomic mass is 9.80. The number of rotatable bonds is 4. The summed E-state index contributed by atoms with van der Waals surface area (Å²) in [5.41, 5.74) is 0. The van der Waals surface area contributed by atoms with Crippen LogP contribution in [0.15, 0.2) is 24.5 Å². The van der Waals surface area contributed by atoms with Crippen molar-refractivity contribution in [3.63, 3.8) is 0 Å². The number of carbonyl (C=O) groups excluding carboxylic acids is 1. The van der Waals surface area contributed by atoms with Gasteiger partial charge in [-0.25, -0.2) is 0 Å². The lowest BCUT2D eigenvalue weighted by molar-refractivity contribution is -0.121. The first kappa shape index (κ1) is 11.0. The van der Waals surface area contributed by atoms with Crippen LogP contribution in [0.25, 0.3) is 0 Å². The molecular weight excluding hydrogens is 180 g/mol. The zero-order valence-electron chi connectivity index (χ0n) is 8.40. The smallest absolute Gasteiger partial charge is 0.162 e. The Morgan fingerprint density at radius 1 is 1.79 bits per heavy atom. The van der Waals surface area contributed by atoms with Gasteiger partial charge in [-0.15, -0.1) is 6.58 Å². The van der Waals surface area contributed by atoms with Crippen molar-refractivity contribution in [3.05, 3.63) is 24.5 Å². The highest BCUT2D eigenvalue weighted by Crippen LogP contribution is 2.29. The molecule has 0 heterocycles. The minimum Gasteiger partial charge on any atom is -0.501 e. The molecule has 2 unspecified atom stereocenters. The fourth-order valence-corrected chi connectivity index (χ4v) is 1.78. The van der Waals surface area contributed by atoms with E-state index >= 15 is 0 Å². The molecule has 1 aliphatic carbocycles. The van der Waals surface area contributed by atoms with E-state index in [4.69, 9.17) is 9.84 Å². The zero-order chi connectivity index (χ0) is 10.6. The van der Waals surface area contributed by atoms with Crippen LogP contribution < -0.4 is 0 Å². The van der Waals surface area contributed by atoms with Crippen molar-refractivity contribution in [1.82, 2.24) is 0 Å². The van der Waals surface area contributed by atoms with E-state index in [9.17, 15) is 4.79 Å². The van der Waals surface area contributed by atoms with Crippen LogP contribution in [0.5, 0.6) is 0 Å². The van der Waals surface area contributed by atoms with Gasteiger partial charge in [-0.05, 0) is 12.3 Å². The molecule has 0 amide bonds. The van der Waals surface area contributed by atoms with Gasteiger partial charge in [0.25, 0.3) is 0 Å². The van der Waals surface area contributed by atoms with Crippen LogP contribution in [0.2, 0.25) is 0 Å². The van der Waals surface area contributed by atoms with E-state index in [-0.39, 0.29) is 24.2 Å². The maximum atomic E-state index is 11.6. The minimum atomic E-state index is -0.128. The molecule has 1 N–H and O–H groups in total. The Kier molecular flexibility index (Phi) is 3.89. The van der Waals surface area contributed by atoms with Crippen molar-refractivity contribution in [3.8, 4) is 0 Å². The Hall–Kier alpha value is -1.09. The van der Waals surface area contributed by atoms with E-state index in [0.29, 0.717) is 18.6 Å². The average molecular weight is 196 g/mol. The van der Waals surface area contributed by atoms with Crippen LogP contribution in [0.3, 0.4) is 0 Å². The quantitative estimate of drug-likeness (QED) is 0.689. The highest BCUT2D eigenvalue weighted by Gasteiger charge is 2.31. The number of hydrogen-bond acceptors (Lipinski definition) is 3. The van der Waals surface area contributed by atoms with Gasteiger partial charge >= 0.3 is 0 Å². The molecule has 0 saturated heterocycles. The summed E-state index contributed by atoms with van der Waals surface area (Å²) in [6.45, 7) is 3.63. The zero-order valence-corrected chi connectivity index (χ0v) is 8.40. The Labute approximate surface area is 84.1 Å². The number of ketones is 1. The minimum absolute atomic E-state index is 0.0188. The molecule has 0 saturated carbocycles. The topological polar surface area (TPSA) is 46.5 Å². The molecule has 1 rings (SSSR count). The second-order valence-electron chi connectivity index (χ2n) is 3.49. The largest absolute Gasteiger partial charge is 0.501 e. The van der Waals surface area contributed by atoms with Crippen molar-refractivity contribution < 1.29 is 14.6 Å². The Bertz CT molecular complexity index is 255. The van der Waals surface area contributed by atoms with Crippen LogP contribution in [0.1, 0.15) is 12.8 Å². The first-order valence-corrected chi connectivity index (χ1v) is 4.73. The van der Waals surface area contributed by atoms with Gasteiger partial charge < -0.3 is 9.84 Å². The molecule has 0 radical (unpaired) electrons. The second kappa shape index (κ2) is 4.96. The molecule has 78 valence electrons. The summed E-state index contributed by atoms with van der Waals surface area (Å²) >= 11 is 0. The van der Waals surface area contributed by atoms with Crippen molar-refractivity contribution in [2.75, 3.05) is 13.7 Å². The van der Waals surface area contributed by atoms with Crippen molar-refractivity contribution in [2.45, 2.75) is 12.8 Å². The van der Waals surface area contributed by atoms with Crippen molar-refractivity contribution >= 4 is 5.78 Å². The van der Waals surface area contributed by atoms with E-state index < -0.39 is 0 Å². The Morgan fingerprint density at radius 3 is 3.00 bits per heavy atom. The lowest BCUT2D eigenvalue weighted by Crippen LogP contribution is -2.29. The summed E-state index contributed by atoms with van der Waals surface area (Å²) in [6.07, 6.45) is 4.51. The normalized spacial score (nSPS) is 27.0. The van der Waals surface area contributed by atoms with Gasteiger partial charge in [0.2, 0.25) is 0 Å². The molecule has 14 heavy (non-hydrogen) atoms. The number of aliphatic hydroxyl groups excluding tert-OH is 1. The van der Waals surface area contributed by atoms with E-state index in [1.165, 1.54) is 6.08 Å². The molecule has 3 heteroatoms. The van der Waals surface area contributed by atoms with E-state index in [0.717, 1.165) is 0 Å². The first-order chi connectivity index (χ1) is 6.72. The molecular formula is C11H16O3. The van der Waals surface area contributed by atoms with Gasteiger partial charge in [0, 0.05) is 25.0 Å². The summed E-state index contributed by atoms with van der Waals surface area (Å²) in [4.78, 5) is 11.6. The third-order valence-electron chi connectivity index (χ3n) is 2.62. The number of carbonyl (C=O) groups is 1. The molecule has 0 aromatic rings. The van der Waals surface area contributed by atoms with E-state index in [2.05, 4.69) is 6.58 Å². The van der Waals surface area contributed by atoms with Gasteiger partial charge in [-0.1, -0.05) is 6.08 Å². The third kappa shape index (κ3) is 2.23. The molecule has 2 atom stereocenters. The second-order valence-corrected chi connectivity index (χ2v) is 3.49. The summed E-state index contributed by atoms with van der Waals surface area (Å²) in [5, 5.41) is 9.15. The summed E-state index contributed by atoms with van der Waals surface area (Å²) < 4.78 is 5.02. The molecule has 1 aliphatic rings. The third-order valence-corrected chi connectivity index (χ3v) is 2.62. The van der Waals surface area contributed by atoms with Gasteiger partial charge in [-0.2, -0.15) is 0 Å². The standard InChI is InChI=1S/C11H16O3/c1-3-4-10-8(7-12)5-9(14-2)6-11(10)13/h3,6,8,10,12H,1,4-5,7H2,2H3. The predicted octanol–water partition coefficient (Wildman–Crippen LogP) is 1.29. The van der Waals surface area contributed by atoms with Gasteiger partial charge in [0.1, 0.15) is 0 Å². The maximum Gasteiger partial charge on any atom is 0.162 e. The van der Waals surface area contributed by atoms with E-state index in [1.54, 1.807) is 13.2 Å². The summed E-state index contributed by atoms with van der Waals surface area (Å²) in [5.74, 6) is 0.540. The van der Waals surface area contributed by atoms with E-state index in [1.807, 2.05) is 0 Å². The molecule has 0 fully saturated rings. The molecule has 3 nitrogen and oxygen atoms in total. The number of aliphatic hydroxyl groups is 1. The number of methoxy groups -OCH3 is 1. The van der Waals surface area contributed by atoms with Crippen molar-refractivity contribution in [2.24, 2.45) is 11.8 Å². The maximum absolute atomic E-state index is 11.6. The molecule has 0 bridgehead atoms. The molecule has 0 aliphatic heterocycles. The first-order valence-electron chi connectivity index (χ1n) is 4.73. The van der Waals surface area contributed by atoms with Crippen LogP contribution in [0.4, 0.5) is 0 Å². The van der Waals surface area contributed by atoms with Gasteiger partial charge in [0.05, 0.1) is 12.9 Å². The monoisotopic (exact) mass is 196 g/mol. The number of hydrogen-bond donors (Lipinski definition) is 1. The number of ether oxygens (including phenoxy) is 1. The lowest BCUT2D eigenvalue weighted by Gasteiger charge is -2.27. The fraction of sp³-hybridized carbons (Fsp3) is 0.545. The highest BCUT2D eigenvalue weighted by atomic mass is 16.5. The summed E-state index contributed by atoms with van der Waals surface area (Å²) in [6, 6.07) is 0. The Balaban J connectivity index is 2.80. The SMILES string of the molecule is C=CCC1C(=O)C=C(OC)CC1CO. The number of allylic oxidation sites excluding steroid dienone is 3. The van der Waals surface area contributed by atoms with Crippen LogP contribution in [-0.4, -0.2) is 24.6 Å². The molecule has 0 aromatic carbocycles. The van der Waals surface area contributed by atoms with Crippen LogP contribution >= 0.6 is 0 Å². The highest BCUT2D eigenvalue weighted by molar-refractivity contribution is 5.93. The predicted molar refractivity (Wildman–Crippen MR) is 53.6 cm³/mol. The van der Waals surface area contributed by atoms with Crippen molar-refractivity contribution in [1.29, 1.82) is 0 Å².